The molecule has 2 aromatic carbocycles. The molecule has 160 valence electrons. The zero-order valence-corrected chi connectivity index (χ0v) is 16.9. The van der Waals surface area contributed by atoms with Gasteiger partial charge in [0.15, 0.2) is 11.5 Å². The van der Waals surface area contributed by atoms with Crippen LogP contribution < -0.4 is 19.6 Å². The molecule has 0 saturated carbocycles. The highest BCUT2D eigenvalue weighted by atomic mass is 16.6. The van der Waals surface area contributed by atoms with Gasteiger partial charge in [-0.25, -0.2) is 5.43 Å². The van der Waals surface area contributed by atoms with E-state index in [1.165, 1.54) is 18.2 Å². The normalized spacial score (nSPS) is 10.6. The highest BCUT2D eigenvalue weighted by Crippen LogP contribution is 2.39. The van der Waals surface area contributed by atoms with Crippen LogP contribution in [-0.4, -0.2) is 42.0 Å². The highest BCUT2D eigenvalue weighted by molar-refractivity contribution is 5.96. The van der Waals surface area contributed by atoms with Crippen LogP contribution in [0.4, 0.5) is 5.69 Å². The first kappa shape index (κ1) is 22.5. The average Bonchev–Trinajstić information content (AvgIpc) is 2.71. The van der Waals surface area contributed by atoms with Crippen LogP contribution in [0, 0.1) is 10.1 Å². The summed E-state index contributed by atoms with van der Waals surface area (Å²) in [7, 11) is 0. The molecule has 0 bridgehead atoms. The summed E-state index contributed by atoms with van der Waals surface area (Å²) < 4.78 is 16.7. The molecule has 0 aliphatic heterocycles. The number of ether oxygens (including phenoxy) is 3. The number of amides is 1. The minimum absolute atomic E-state index is 0.0844. The van der Waals surface area contributed by atoms with E-state index in [9.17, 15) is 20.0 Å². The number of nitro groups is 1. The summed E-state index contributed by atoms with van der Waals surface area (Å²) in [6.07, 6.45) is 1.11. The monoisotopic (exact) mass is 417 g/mol. The molecule has 0 atom stereocenters. The van der Waals surface area contributed by atoms with E-state index in [0.29, 0.717) is 37.1 Å². The van der Waals surface area contributed by atoms with Crippen molar-refractivity contribution in [2.75, 3.05) is 19.8 Å². The Hall–Kier alpha value is -3.82. The van der Waals surface area contributed by atoms with E-state index >= 15 is 0 Å². The van der Waals surface area contributed by atoms with Gasteiger partial charge < -0.3 is 19.3 Å². The Balaban J connectivity index is 2.27. The summed E-state index contributed by atoms with van der Waals surface area (Å²) in [5.74, 6) is 0.340. The lowest BCUT2D eigenvalue weighted by molar-refractivity contribution is -0.384. The fourth-order valence-corrected chi connectivity index (χ4v) is 2.50. The number of nitro benzene ring substituents is 1. The molecule has 0 unspecified atom stereocenters. The molecule has 0 saturated heterocycles. The fraction of sp³-hybridized carbons (Fsp3) is 0.300. The topological polar surface area (TPSA) is 133 Å². The molecule has 0 aromatic heterocycles. The number of rotatable bonds is 10. The molecule has 0 spiro atoms. The van der Waals surface area contributed by atoms with Crippen LogP contribution >= 0.6 is 0 Å². The van der Waals surface area contributed by atoms with E-state index in [2.05, 4.69) is 10.5 Å². The van der Waals surface area contributed by atoms with Gasteiger partial charge in [0.05, 0.1) is 31.0 Å². The molecular weight excluding hydrogens is 394 g/mol. The minimum Gasteiger partial charge on any atom is -0.507 e. The predicted molar refractivity (Wildman–Crippen MR) is 110 cm³/mol. The Morgan fingerprint density at radius 3 is 2.23 bits per heavy atom. The van der Waals surface area contributed by atoms with Crippen LogP contribution in [-0.2, 0) is 0 Å². The van der Waals surface area contributed by atoms with Crippen molar-refractivity contribution >= 4 is 17.8 Å². The van der Waals surface area contributed by atoms with Gasteiger partial charge in [0.2, 0.25) is 5.75 Å². The molecule has 1 amide bonds. The van der Waals surface area contributed by atoms with Gasteiger partial charge in [0.1, 0.15) is 5.75 Å². The van der Waals surface area contributed by atoms with Gasteiger partial charge in [-0.1, -0.05) is 0 Å². The fourth-order valence-electron chi connectivity index (χ4n) is 2.50. The molecular formula is C20H23N3O7. The van der Waals surface area contributed by atoms with Gasteiger partial charge in [-0.3, -0.25) is 14.9 Å². The number of non-ortho nitro benzene ring substituents is 1. The molecule has 0 aliphatic rings. The van der Waals surface area contributed by atoms with E-state index in [1.807, 2.05) is 6.92 Å². The number of phenolic OH excluding ortho intramolecular Hbond substituents is 1. The Labute approximate surface area is 173 Å². The summed E-state index contributed by atoms with van der Waals surface area (Å²) in [4.78, 5) is 22.8. The quantitative estimate of drug-likeness (QED) is 0.344. The third-order valence-electron chi connectivity index (χ3n) is 3.76. The van der Waals surface area contributed by atoms with Gasteiger partial charge in [-0.2, -0.15) is 5.10 Å². The van der Waals surface area contributed by atoms with Crippen LogP contribution in [0.15, 0.2) is 35.4 Å². The third kappa shape index (κ3) is 5.60. The number of carbonyl (C=O) groups excluding carboxylic acids is 1. The van der Waals surface area contributed by atoms with E-state index in [0.717, 1.165) is 18.3 Å². The summed E-state index contributed by atoms with van der Waals surface area (Å²) in [6.45, 7) is 6.55. The Kier molecular flexibility index (Phi) is 7.98. The molecule has 10 heteroatoms. The molecule has 0 aliphatic carbocycles. The van der Waals surface area contributed by atoms with E-state index in [4.69, 9.17) is 14.2 Å². The lowest BCUT2D eigenvalue weighted by atomic mass is 10.1. The molecule has 2 N–H and O–H groups in total. The lowest BCUT2D eigenvalue weighted by Gasteiger charge is -2.16. The number of nitrogens with zero attached hydrogens (tertiary/aromatic N) is 2. The van der Waals surface area contributed by atoms with Crippen molar-refractivity contribution in [3.8, 4) is 23.0 Å². The van der Waals surface area contributed by atoms with Crippen molar-refractivity contribution < 1.29 is 29.0 Å². The largest absolute Gasteiger partial charge is 0.507 e. The van der Waals surface area contributed by atoms with Crippen LogP contribution in [0.1, 0.15) is 36.7 Å². The van der Waals surface area contributed by atoms with E-state index < -0.39 is 10.8 Å². The number of carbonyl (C=O) groups is 1. The first-order valence-corrected chi connectivity index (χ1v) is 9.28. The van der Waals surface area contributed by atoms with Crippen molar-refractivity contribution in [2.24, 2.45) is 5.10 Å². The first-order chi connectivity index (χ1) is 14.4. The van der Waals surface area contributed by atoms with Crippen molar-refractivity contribution in [1.29, 1.82) is 0 Å². The van der Waals surface area contributed by atoms with Crippen molar-refractivity contribution in [3.05, 3.63) is 51.6 Å². The maximum atomic E-state index is 12.5. The molecule has 10 nitrogen and oxygen atoms in total. The Bertz CT molecular complexity index is 917. The Morgan fingerprint density at radius 2 is 1.70 bits per heavy atom. The number of phenols is 1. The van der Waals surface area contributed by atoms with E-state index in [1.54, 1.807) is 13.8 Å². The van der Waals surface area contributed by atoms with Crippen LogP contribution in [0.3, 0.4) is 0 Å². The second-order valence-electron chi connectivity index (χ2n) is 5.80. The number of hydrogen-bond acceptors (Lipinski definition) is 8. The molecule has 30 heavy (non-hydrogen) atoms. The summed E-state index contributed by atoms with van der Waals surface area (Å²) in [6, 6.07) is 6.49. The maximum absolute atomic E-state index is 12.5. The molecule has 2 aromatic rings. The lowest BCUT2D eigenvalue weighted by Crippen LogP contribution is -2.18. The molecule has 0 radical (unpaired) electrons. The smallest absolute Gasteiger partial charge is 0.271 e. The van der Waals surface area contributed by atoms with Crippen LogP contribution in [0.25, 0.3) is 0 Å². The SMILES string of the molecule is CCOc1cc(C(=O)NN=Cc2cc([N+](=O)[O-])ccc2O)cc(OCC)c1OCC. The summed E-state index contributed by atoms with van der Waals surface area (Å²) in [5, 5.41) is 24.4. The summed E-state index contributed by atoms with van der Waals surface area (Å²) >= 11 is 0. The first-order valence-electron chi connectivity index (χ1n) is 9.28. The van der Waals surface area contributed by atoms with Gasteiger partial charge in [0, 0.05) is 23.3 Å². The second-order valence-corrected chi connectivity index (χ2v) is 5.80. The average molecular weight is 417 g/mol. The van der Waals surface area contributed by atoms with Crippen molar-refractivity contribution in [2.45, 2.75) is 20.8 Å². The van der Waals surface area contributed by atoms with E-state index in [-0.39, 0.29) is 22.6 Å². The second kappa shape index (κ2) is 10.6. The van der Waals surface area contributed by atoms with Gasteiger partial charge in [-0.15, -0.1) is 0 Å². The number of hydrazone groups is 1. The number of nitrogens with one attached hydrogen (secondary N) is 1. The van der Waals surface area contributed by atoms with Gasteiger partial charge in [-0.05, 0) is 39.0 Å². The maximum Gasteiger partial charge on any atom is 0.271 e. The third-order valence-corrected chi connectivity index (χ3v) is 3.76. The van der Waals surface area contributed by atoms with Crippen LogP contribution in [0.2, 0.25) is 0 Å². The zero-order chi connectivity index (χ0) is 22.1. The molecule has 0 heterocycles. The minimum atomic E-state index is -0.597. The van der Waals surface area contributed by atoms with Gasteiger partial charge in [0.25, 0.3) is 11.6 Å². The number of aromatic hydroxyl groups is 1. The van der Waals surface area contributed by atoms with Crippen LogP contribution in [0.5, 0.6) is 23.0 Å². The Morgan fingerprint density at radius 1 is 1.10 bits per heavy atom. The predicted octanol–water partition coefficient (Wildman–Crippen LogP) is 3.26. The molecule has 2 rings (SSSR count). The zero-order valence-electron chi connectivity index (χ0n) is 16.9. The van der Waals surface area contributed by atoms with Crippen molar-refractivity contribution in [3.63, 3.8) is 0 Å². The highest BCUT2D eigenvalue weighted by Gasteiger charge is 2.18. The van der Waals surface area contributed by atoms with Crippen molar-refractivity contribution in [1.82, 2.24) is 5.43 Å². The standard InChI is InChI=1S/C20H23N3O7/c1-4-28-17-10-13(11-18(29-5-2)19(17)30-6-3)20(25)22-21-12-14-9-15(23(26)27)7-8-16(14)24/h7-12,24H,4-6H2,1-3H3,(H,22,25). The van der Waals surface area contributed by atoms with Gasteiger partial charge >= 0.3 is 0 Å². The summed E-state index contributed by atoms with van der Waals surface area (Å²) in [5.41, 5.74) is 2.40. The number of hydrogen-bond donors (Lipinski definition) is 2. The number of benzene rings is 2. The molecule has 0 fully saturated rings.